The van der Waals surface area contributed by atoms with Gasteiger partial charge in [0.05, 0.1) is 17.7 Å². The standard InChI is InChI=1S/C21H16F3NO4/c22-21(23,24)14-4-6-16-12(2-1-7-28-18(16)9-14)8-19(26)25-15-5-3-13-11-29-20(27)17(13)10-15/h3-6,8-10H,1-2,7,11H2,(H,25,26)/b12-8+. The second-order valence-electron chi connectivity index (χ2n) is 6.77. The minimum atomic E-state index is -4.47. The van der Waals surface area contributed by atoms with Gasteiger partial charge in [-0.05, 0) is 42.7 Å². The summed E-state index contributed by atoms with van der Waals surface area (Å²) < 4.78 is 49.3. The number of halogens is 3. The monoisotopic (exact) mass is 403 g/mol. The Kier molecular flexibility index (Phi) is 4.77. The maximum Gasteiger partial charge on any atom is 0.416 e. The van der Waals surface area contributed by atoms with Crippen LogP contribution in [0.3, 0.4) is 0 Å². The minimum Gasteiger partial charge on any atom is -0.493 e. The van der Waals surface area contributed by atoms with Crippen LogP contribution in [0.1, 0.15) is 39.9 Å². The summed E-state index contributed by atoms with van der Waals surface area (Å²) in [6.45, 7) is 0.476. The quantitative estimate of drug-likeness (QED) is 0.589. The summed E-state index contributed by atoms with van der Waals surface area (Å²) in [6.07, 6.45) is -2.06. The molecule has 0 spiro atoms. The molecule has 8 heteroatoms. The van der Waals surface area contributed by atoms with Crippen molar-refractivity contribution in [2.24, 2.45) is 0 Å². The van der Waals surface area contributed by atoms with Gasteiger partial charge in [0.2, 0.25) is 5.91 Å². The Labute approximate surface area is 164 Å². The molecule has 29 heavy (non-hydrogen) atoms. The second kappa shape index (κ2) is 7.27. The van der Waals surface area contributed by atoms with Crippen molar-refractivity contribution in [1.29, 1.82) is 0 Å². The highest BCUT2D eigenvalue weighted by atomic mass is 19.4. The van der Waals surface area contributed by atoms with Crippen molar-refractivity contribution in [2.45, 2.75) is 25.6 Å². The number of amides is 1. The number of hydrogen-bond acceptors (Lipinski definition) is 4. The third-order valence-corrected chi connectivity index (χ3v) is 4.76. The van der Waals surface area contributed by atoms with Crippen molar-refractivity contribution in [2.75, 3.05) is 11.9 Å². The molecule has 2 aromatic rings. The Hall–Kier alpha value is -3.29. The average Bonchev–Trinajstić information content (AvgIpc) is 2.91. The first-order chi connectivity index (χ1) is 13.8. The number of carbonyl (C=O) groups excluding carboxylic acids is 2. The molecule has 2 aliphatic rings. The maximum atomic E-state index is 13.0. The summed E-state index contributed by atoms with van der Waals surface area (Å²) in [5.74, 6) is -0.777. The van der Waals surface area contributed by atoms with Gasteiger partial charge < -0.3 is 14.8 Å². The van der Waals surface area contributed by atoms with Crippen molar-refractivity contribution in [3.05, 3.63) is 64.7 Å². The van der Waals surface area contributed by atoms with E-state index in [1.165, 1.54) is 12.1 Å². The Morgan fingerprint density at radius 1 is 1.07 bits per heavy atom. The fourth-order valence-corrected chi connectivity index (χ4v) is 3.34. The first-order valence-electron chi connectivity index (χ1n) is 8.97. The molecule has 0 bridgehead atoms. The van der Waals surface area contributed by atoms with E-state index >= 15 is 0 Å². The van der Waals surface area contributed by atoms with Gasteiger partial charge in [-0.25, -0.2) is 4.79 Å². The summed E-state index contributed by atoms with van der Waals surface area (Å²) >= 11 is 0. The Bertz CT molecular complexity index is 1030. The van der Waals surface area contributed by atoms with Gasteiger partial charge in [0.25, 0.3) is 0 Å². The van der Waals surface area contributed by atoms with Crippen molar-refractivity contribution in [3.8, 4) is 5.75 Å². The molecule has 5 nitrogen and oxygen atoms in total. The lowest BCUT2D eigenvalue weighted by Gasteiger charge is -2.13. The van der Waals surface area contributed by atoms with Gasteiger partial charge in [-0.2, -0.15) is 13.2 Å². The topological polar surface area (TPSA) is 64.6 Å². The molecule has 0 saturated carbocycles. The third-order valence-electron chi connectivity index (χ3n) is 4.76. The number of allylic oxidation sites excluding steroid dienone is 1. The molecule has 1 amide bonds. The van der Waals surface area contributed by atoms with Crippen molar-refractivity contribution in [1.82, 2.24) is 0 Å². The molecule has 2 aliphatic heterocycles. The number of hydrogen-bond donors (Lipinski definition) is 1. The average molecular weight is 403 g/mol. The van der Waals surface area contributed by atoms with Crippen LogP contribution in [0.5, 0.6) is 5.75 Å². The smallest absolute Gasteiger partial charge is 0.416 e. The number of esters is 1. The number of benzene rings is 2. The van der Waals surface area contributed by atoms with Gasteiger partial charge in [0.15, 0.2) is 0 Å². The number of fused-ring (bicyclic) bond motifs is 2. The first kappa shape index (κ1) is 19.0. The molecule has 1 N–H and O–H groups in total. The van der Waals surface area contributed by atoms with Crippen LogP contribution in [-0.4, -0.2) is 18.5 Å². The first-order valence-corrected chi connectivity index (χ1v) is 8.97. The van der Waals surface area contributed by atoms with E-state index < -0.39 is 23.6 Å². The van der Waals surface area contributed by atoms with Crippen LogP contribution < -0.4 is 10.1 Å². The molecule has 0 aromatic heterocycles. The molecule has 0 radical (unpaired) electrons. The van der Waals surface area contributed by atoms with Crippen LogP contribution >= 0.6 is 0 Å². The van der Waals surface area contributed by atoms with Gasteiger partial charge in [-0.1, -0.05) is 12.1 Å². The molecule has 4 rings (SSSR count). The second-order valence-corrected chi connectivity index (χ2v) is 6.77. The van der Waals surface area contributed by atoms with E-state index in [2.05, 4.69) is 5.32 Å². The van der Waals surface area contributed by atoms with Crippen LogP contribution in [0.15, 0.2) is 42.5 Å². The summed E-state index contributed by atoms with van der Waals surface area (Å²) in [4.78, 5) is 24.1. The van der Waals surface area contributed by atoms with E-state index in [0.717, 1.165) is 17.7 Å². The van der Waals surface area contributed by atoms with Crippen LogP contribution in [0.25, 0.3) is 5.57 Å². The zero-order valence-corrected chi connectivity index (χ0v) is 15.1. The van der Waals surface area contributed by atoms with Gasteiger partial charge in [0, 0.05) is 22.9 Å². The number of carbonyl (C=O) groups is 2. The molecule has 0 aliphatic carbocycles. The number of anilines is 1. The molecule has 2 heterocycles. The van der Waals surface area contributed by atoms with Gasteiger partial charge in [0.1, 0.15) is 12.4 Å². The zero-order valence-electron chi connectivity index (χ0n) is 15.1. The molecular formula is C21H16F3NO4. The Morgan fingerprint density at radius 3 is 2.69 bits per heavy atom. The van der Waals surface area contributed by atoms with E-state index in [4.69, 9.17) is 9.47 Å². The molecule has 150 valence electrons. The predicted octanol–water partition coefficient (Wildman–Crippen LogP) is 4.57. The number of alkyl halides is 3. The zero-order chi connectivity index (χ0) is 20.6. The number of ether oxygens (including phenoxy) is 2. The van der Waals surface area contributed by atoms with E-state index in [9.17, 15) is 22.8 Å². The predicted molar refractivity (Wildman–Crippen MR) is 98.3 cm³/mol. The van der Waals surface area contributed by atoms with Crippen molar-refractivity contribution < 1.29 is 32.2 Å². The van der Waals surface area contributed by atoms with E-state index in [-0.39, 0.29) is 19.0 Å². The van der Waals surface area contributed by atoms with E-state index in [1.807, 2.05) is 0 Å². The Balaban J connectivity index is 1.59. The van der Waals surface area contributed by atoms with Crippen LogP contribution in [0.4, 0.5) is 18.9 Å². The van der Waals surface area contributed by atoms with Crippen LogP contribution in [0, 0.1) is 0 Å². The highest BCUT2D eigenvalue weighted by Gasteiger charge is 2.32. The lowest BCUT2D eigenvalue weighted by Crippen LogP contribution is -2.10. The SMILES string of the molecule is O=C(/C=C1\CCCOc2cc(C(F)(F)F)ccc21)Nc1ccc2c(c1)C(=O)OC2. The van der Waals surface area contributed by atoms with Crippen molar-refractivity contribution >= 4 is 23.1 Å². The van der Waals surface area contributed by atoms with Gasteiger partial charge in [-0.15, -0.1) is 0 Å². The highest BCUT2D eigenvalue weighted by molar-refractivity contribution is 6.05. The molecule has 0 saturated heterocycles. The maximum absolute atomic E-state index is 13.0. The number of nitrogens with one attached hydrogen (secondary N) is 1. The molecule has 0 atom stereocenters. The minimum absolute atomic E-state index is 0.108. The molecule has 0 unspecified atom stereocenters. The van der Waals surface area contributed by atoms with Crippen molar-refractivity contribution in [3.63, 3.8) is 0 Å². The lowest BCUT2D eigenvalue weighted by atomic mass is 9.99. The van der Waals surface area contributed by atoms with E-state index in [1.54, 1.807) is 18.2 Å². The summed E-state index contributed by atoms with van der Waals surface area (Å²) in [7, 11) is 0. The number of rotatable bonds is 2. The van der Waals surface area contributed by atoms with Crippen LogP contribution in [0.2, 0.25) is 0 Å². The van der Waals surface area contributed by atoms with Gasteiger partial charge >= 0.3 is 12.1 Å². The molecule has 2 aromatic carbocycles. The van der Waals surface area contributed by atoms with E-state index in [0.29, 0.717) is 35.2 Å². The lowest BCUT2D eigenvalue weighted by molar-refractivity contribution is -0.137. The largest absolute Gasteiger partial charge is 0.493 e. The van der Waals surface area contributed by atoms with Gasteiger partial charge in [-0.3, -0.25) is 4.79 Å². The normalized spacial score (nSPS) is 17.1. The van der Waals surface area contributed by atoms with Crippen LogP contribution in [-0.2, 0) is 22.3 Å². The summed E-state index contributed by atoms with van der Waals surface area (Å²) in [5.41, 5.74) is 1.84. The highest BCUT2D eigenvalue weighted by Crippen LogP contribution is 2.38. The third kappa shape index (κ3) is 3.96. The number of cyclic esters (lactones) is 1. The fourth-order valence-electron chi connectivity index (χ4n) is 3.34. The molecular weight excluding hydrogens is 387 g/mol. The summed E-state index contributed by atoms with van der Waals surface area (Å²) in [5, 5.41) is 2.68. The molecule has 0 fully saturated rings. The summed E-state index contributed by atoms with van der Waals surface area (Å²) in [6, 6.07) is 8.17. The fraction of sp³-hybridized carbons (Fsp3) is 0.238. The Morgan fingerprint density at radius 2 is 1.90 bits per heavy atom.